The zero-order valence-corrected chi connectivity index (χ0v) is 12.4. The molecule has 0 spiro atoms. The third-order valence-electron chi connectivity index (χ3n) is 2.97. The Morgan fingerprint density at radius 3 is 2.43 bits per heavy atom. The fourth-order valence-electron chi connectivity index (χ4n) is 2.02. The molecule has 21 heavy (non-hydrogen) atoms. The van der Waals surface area contributed by atoms with E-state index in [1.807, 2.05) is 6.92 Å². The van der Waals surface area contributed by atoms with Gasteiger partial charge in [0, 0.05) is 5.69 Å². The van der Waals surface area contributed by atoms with Crippen molar-refractivity contribution in [3.63, 3.8) is 0 Å². The molecule has 0 aliphatic rings. The number of carboxylic acids is 1. The zero-order chi connectivity index (χ0) is 15.6. The van der Waals surface area contributed by atoms with E-state index in [4.69, 9.17) is 0 Å². The minimum absolute atomic E-state index is 0.0872. The summed E-state index contributed by atoms with van der Waals surface area (Å²) in [7, 11) is -3.77. The number of rotatable bonds is 4. The van der Waals surface area contributed by atoms with Crippen LogP contribution in [0.2, 0.25) is 0 Å². The molecule has 5 nitrogen and oxygen atoms in total. The maximum atomic E-state index is 12.3. The van der Waals surface area contributed by atoms with Gasteiger partial charge in [0.1, 0.15) is 0 Å². The Kier molecular flexibility index (Phi) is 3.99. The highest BCUT2D eigenvalue weighted by Crippen LogP contribution is 2.20. The molecule has 110 valence electrons. The quantitative estimate of drug-likeness (QED) is 0.926. The standard InChI is InChI=1S/C15H15NO4S/c1-10-6-7-14(11(2)8-10)21(19,20)16-13-5-3-4-12(9-13)15(17)18/h3-9,16H,1-2H3,(H,17,18)/p-1. The van der Waals surface area contributed by atoms with E-state index in [-0.39, 0.29) is 16.1 Å². The number of carbonyl (C=O) groups is 1. The normalized spacial score (nSPS) is 11.1. The summed E-state index contributed by atoms with van der Waals surface area (Å²) in [5.41, 5.74) is 1.68. The minimum Gasteiger partial charge on any atom is -0.545 e. The van der Waals surface area contributed by atoms with Gasteiger partial charge in [0.2, 0.25) is 0 Å². The van der Waals surface area contributed by atoms with E-state index in [1.54, 1.807) is 19.1 Å². The zero-order valence-electron chi connectivity index (χ0n) is 11.6. The second-order valence-electron chi connectivity index (χ2n) is 4.74. The molecular weight excluding hydrogens is 290 g/mol. The Labute approximate surface area is 123 Å². The largest absolute Gasteiger partial charge is 0.545 e. The molecule has 0 saturated carbocycles. The lowest BCUT2D eigenvalue weighted by molar-refractivity contribution is -0.255. The first-order valence-electron chi connectivity index (χ1n) is 6.21. The number of sulfonamides is 1. The number of hydrogen-bond acceptors (Lipinski definition) is 4. The van der Waals surface area contributed by atoms with Crippen LogP contribution in [-0.4, -0.2) is 14.4 Å². The fourth-order valence-corrected chi connectivity index (χ4v) is 3.30. The van der Waals surface area contributed by atoms with Crippen molar-refractivity contribution >= 4 is 21.7 Å². The van der Waals surface area contributed by atoms with Gasteiger partial charge in [-0.1, -0.05) is 29.8 Å². The van der Waals surface area contributed by atoms with Gasteiger partial charge in [-0.2, -0.15) is 0 Å². The van der Waals surface area contributed by atoms with Gasteiger partial charge in [-0.25, -0.2) is 8.42 Å². The molecule has 0 heterocycles. The van der Waals surface area contributed by atoms with Gasteiger partial charge in [-0.05, 0) is 43.2 Å². The molecule has 0 aromatic heterocycles. The van der Waals surface area contributed by atoms with Gasteiger partial charge < -0.3 is 9.90 Å². The van der Waals surface area contributed by atoms with E-state index in [9.17, 15) is 18.3 Å². The van der Waals surface area contributed by atoms with E-state index >= 15 is 0 Å². The second kappa shape index (κ2) is 5.57. The summed E-state index contributed by atoms with van der Waals surface area (Å²) < 4.78 is 27.1. The Hall–Kier alpha value is -2.34. The third-order valence-corrected chi connectivity index (χ3v) is 4.51. The molecule has 0 bridgehead atoms. The second-order valence-corrected chi connectivity index (χ2v) is 6.39. The molecule has 0 fully saturated rings. The lowest BCUT2D eigenvalue weighted by Gasteiger charge is -2.12. The Bertz CT molecular complexity index is 797. The highest BCUT2D eigenvalue weighted by atomic mass is 32.2. The van der Waals surface area contributed by atoms with Crippen molar-refractivity contribution in [2.24, 2.45) is 0 Å². The first-order valence-corrected chi connectivity index (χ1v) is 7.69. The van der Waals surface area contributed by atoms with Crippen LogP contribution in [0.25, 0.3) is 0 Å². The van der Waals surface area contributed by atoms with Crippen molar-refractivity contribution in [2.75, 3.05) is 4.72 Å². The summed E-state index contributed by atoms with van der Waals surface area (Å²) in [4.78, 5) is 11.0. The van der Waals surface area contributed by atoms with Crippen molar-refractivity contribution in [3.8, 4) is 0 Å². The summed E-state index contributed by atoms with van der Waals surface area (Å²) >= 11 is 0. The van der Waals surface area contributed by atoms with Crippen LogP contribution < -0.4 is 9.83 Å². The van der Waals surface area contributed by atoms with E-state index < -0.39 is 16.0 Å². The van der Waals surface area contributed by atoms with E-state index in [0.717, 1.165) is 5.56 Å². The van der Waals surface area contributed by atoms with Crippen molar-refractivity contribution in [1.29, 1.82) is 0 Å². The number of carbonyl (C=O) groups excluding carboxylic acids is 1. The molecule has 0 radical (unpaired) electrons. The molecule has 0 atom stereocenters. The average molecular weight is 304 g/mol. The van der Waals surface area contributed by atoms with Gasteiger partial charge in [0.25, 0.3) is 10.0 Å². The number of nitrogens with one attached hydrogen (secondary N) is 1. The minimum atomic E-state index is -3.77. The van der Waals surface area contributed by atoms with Crippen LogP contribution in [0.1, 0.15) is 21.5 Å². The smallest absolute Gasteiger partial charge is 0.262 e. The number of carboxylic acid groups (broad SMARTS) is 1. The molecule has 0 aliphatic carbocycles. The maximum Gasteiger partial charge on any atom is 0.262 e. The summed E-state index contributed by atoms with van der Waals surface area (Å²) in [5, 5.41) is 10.8. The van der Waals surface area contributed by atoms with E-state index in [1.165, 1.54) is 30.3 Å². The monoisotopic (exact) mass is 304 g/mol. The molecule has 1 N–H and O–H groups in total. The maximum absolute atomic E-state index is 12.3. The number of benzene rings is 2. The van der Waals surface area contributed by atoms with Gasteiger partial charge >= 0.3 is 0 Å². The lowest BCUT2D eigenvalue weighted by Crippen LogP contribution is -2.22. The van der Waals surface area contributed by atoms with E-state index in [2.05, 4.69) is 4.72 Å². The van der Waals surface area contributed by atoms with Crippen molar-refractivity contribution in [1.82, 2.24) is 0 Å². The van der Waals surface area contributed by atoms with Crippen LogP contribution in [0.5, 0.6) is 0 Å². The molecule has 2 aromatic carbocycles. The Morgan fingerprint density at radius 1 is 1.10 bits per heavy atom. The molecular formula is C15H14NO4S-. The SMILES string of the molecule is Cc1ccc(S(=O)(=O)Nc2cccc(C(=O)[O-])c2)c(C)c1. The topological polar surface area (TPSA) is 86.3 Å². The molecule has 2 rings (SSSR count). The average Bonchev–Trinajstić information content (AvgIpc) is 2.37. The highest BCUT2D eigenvalue weighted by Gasteiger charge is 2.16. The summed E-state index contributed by atoms with van der Waals surface area (Å²) in [6, 6.07) is 10.5. The van der Waals surface area contributed by atoms with Gasteiger partial charge in [-0.3, -0.25) is 4.72 Å². The van der Waals surface area contributed by atoms with Crippen LogP contribution >= 0.6 is 0 Å². The van der Waals surface area contributed by atoms with Crippen molar-refractivity contribution in [2.45, 2.75) is 18.7 Å². The Balaban J connectivity index is 2.37. The lowest BCUT2D eigenvalue weighted by atomic mass is 10.2. The predicted molar refractivity (Wildman–Crippen MR) is 77.5 cm³/mol. The fraction of sp³-hybridized carbons (Fsp3) is 0.133. The highest BCUT2D eigenvalue weighted by molar-refractivity contribution is 7.92. The van der Waals surface area contributed by atoms with E-state index in [0.29, 0.717) is 5.56 Å². The molecule has 6 heteroatoms. The van der Waals surface area contributed by atoms with Gasteiger partial charge in [0.05, 0.1) is 10.9 Å². The van der Waals surface area contributed by atoms with Crippen LogP contribution in [0.15, 0.2) is 47.4 Å². The molecule has 0 unspecified atom stereocenters. The molecule has 0 amide bonds. The molecule has 0 aliphatic heterocycles. The predicted octanol–water partition coefficient (Wildman–Crippen LogP) is 1.47. The third kappa shape index (κ3) is 3.41. The summed E-state index contributed by atoms with van der Waals surface area (Å²) in [6.07, 6.45) is 0. The number of aryl methyl sites for hydroxylation is 2. The van der Waals surface area contributed by atoms with Crippen molar-refractivity contribution in [3.05, 3.63) is 59.2 Å². The number of hydrogen-bond donors (Lipinski definition) is 1. The first-order chi connectivity index (χ1) is 9.79. The van der Waals surface area contributed by atoms with Crippen LogP contribution in [-0.2, 0) is 10.0 Å². The summed E-state index contributed by atoms with van der Waals surface area (Å²) in [6.45, 7) is 3.58. The molecule has 2 aromatic rings. The number of anilines is 1. The van der Waals surface area contributed by atoms with Crippen LogP contribution in [0.4, 0.5) is 5.69 Å². The number of aromatic carboxylic acids is 1. The first kappa shape index (κ1) is 15.1. The van der Waals surface area contributed by atoms with Gasteiger partial charge in [0.15, 0.2) is 0 Å². The van der Waals surface area contributed by atoms with Gasteiger partial charge in [-0.15, -0.1) is 0 Å². The van der Waals surface area contributed by atoms with Crippen LogP contribution in [0.3, 0.4) is 0 Å². The molecule has 0 saturated heterocycles. The van der Waals surface area contributed by atoms with Crippen molar-refractivity contribution < 1.29 is 18.3 Å². The Morgan fingerprint density at radius 2 is 1.81 bits per heavy atom. The summed E-state index contributed by atoms with van der Waals surface area (Å²) in [5.74, 6) is -1.36. The van der Waals surface area contributed by atoms with Crippen LogP contribution in [0, 0.1) is 13.8 Å².